The average Bonchev–Trinajstić information content (AvgIpc) is 3.25. The second-order valence-corrected chi connectivity index (χ2v) is 8.33. The van der Waals surface area contributed by atoms with Crippen LogP contribution in [0, 0.1) is 18.3 Å². The van der Waals surface area contributed by atoms with Crippen LogP contribution in [0.1, 0.15) is 28.1 Å². The lowest BCUT2D eigenvalue weighted by atomic mass is 10.0. The number of rotatable bonds is 8. The van der Waals surface area contributed by atoms with E-state index in [-0.39, 0.29) is 0 Å². The van der Waals surface area contributed by atoms with Crippen molar-refractivity contribution in [1.29, 1.82) is 5.26 Å². The molecule has 1 heterocycles. The van der Waals surface area contributed by atoms with E-state index in [2.05, 4.69) is 22.6 Å². The number of halogens is 1. The van der Waals surface area contributed by atoms with Crippen LogP contribution in [0.4, 0.5) is 0 Å². The molecule has 0 amide bonds. The van der Waals surface area contributed by atoms with Crippen molar-refractivity contribution in [3.63, 3.8) is 0 Å². The number of nitrogens with one attached hydrogen (secondary N) is 1. The summed E-state index contributed by atoms with van der Waals surface area (Å²) < 4.78 is 11.8. The van der Waals surface area contributed by atoms with Crippen LogP contribution in [0.5, 0.6) is 11.5 Å². The minimum atomic E-state index is 0.370. The number of aromatic nitrogens is 2. The average molecular weight is 470 g/mol. The van der Waals surface area contributed by atoms with Gasteiger partial charge in [-0.15, -0.1) is 6.58 Å². The van der Waals surface area contributed by atoms with Gasteiger partial charge in [-0.25, -0.2) is 4.98 Å². The normalized spacial score (nSPS) is 11.3. The lowest BCUT2D eigenvalue weighted by Gasteiger charge is -2.16. The van der Waals surface area contributed by atoms with E-state index >= 15 is 0 Å². The molecule has 0 saturated carbocycles. The molecule has 0 atom stereocenters. The number of H-pyrrole nitrogens is 1. The van der Waals surface area contributed by atoms with E-state index in [0.717, 1.165) is 33.3 Å². The van der Waals surface area contributed by atoms with E-state index in [1.807, 2.05) is 67.6 Å². The van der Waals surface area contributed by atoms with Crippen molar-refractivity contribution in [3.8, 4) is 17.6 Å². The standard InChI is InChI=1S/C28H24ClN3O2/c1-4-5-21-13-20(14-22(16-30)28-31-24-11-6-18(2)12-25(24)32-28)15-26(33-3)27(21)34-17-19-7-9-23(29)10-8-19/h4,6-15H,1,5,17H2,2-3H3,(H,31,32)/b22-14-. The van der Waals surface area contributed by atoms with Crippen molar-refractivity contribution in [2.24, 2.45) is 0 Å². The van der Waals surface area contributed by atoms with Crippen LogP contribution in [-0.2, 0) is 13.0 Å². The summed E-state index contributed by atoms with van der Waals surface area (Å²) in [6, 6.07) is 19.6. The number of imidazole rings is 1. The van der Waals surface area contributed by atoms with Gasteiger partial charge in [0.05, 0.1) is 23.7 Å². The number of hydrogen-bond acceptors (Lipinski definition) is 4. The second kappa shape index (κ2) is 10.3. The molecule has 34 heavy (non-hydrogen) atoms. The summed E-state index contributed by atoms with van der Waals surface area (Å²) in [5, 5.41) is 10.5. The topological polar surface area (TPSA) is 70.9 Å². The molecule has 1 aromatic heterocycles. The van der Waals surface area contributed by atoms with E-state index in [0.29, 0.717) is 40.9 Å². The quantitative estimate of drug-likeness (QED) is 0.225. The first kappa shape index (κ1) is 23.2. The van der Waals surface area contributed by atoms with Crippen LogP contribution >= 0.6 is 11.6 Å². The molecule has 0 aliphatic rings. The molecule has 0 saturated heterocycles. The van der Waals surface area contributed by atoms with Crippen LogP contribution in [0.25, 0.3) is 22.7 Å². The number of methoxy groups -OCH3 is 1. The number of benzene rings is 3. The molecule has 6 heteroatoms. The van der Waals surface area contributed by atoms with E-state index < -0.39 is 0 Å². The Labute approximate surface area is 203 Å². The zero-order valence-electron chi connectivity index (χ0n) is 19.1. The van der Waals surface area contributed by atoms with Crippen molar-refractivity contribution in [1.82, 2.24) is 9.97 Å². The van der Waals surface area contributed by atoms with Gasteiger partial charge in [0.25, 0.3) is 0 Å². The van der Waals surface area contributed by atoms with Crippen LogP contribution in [-0.4, -0.2) is 17.1 Å². The first-order valence-corrected chi connectivity index (χ1v) is 11.2. The first-order valence-electron chi connectivity index (χ1n) is 10.8. The molecule has 170 valence electrons. The van der Waals surface area contributed by atoms with Gasteiger partial charge in [-0.1, -0.05) is 35.9 Å². The molecule has 0 aliphatic carbocycles. The Hall–Kier alpha value is -4.01. The van der Waals surface area contributed by atoms with E-state index in [1.54, 1.807) is 13.2 Å². The molecule has 0 bridgehead atoms. The SMILES string of the molecule is C=CCc1cc(/C=C(/C#N)c2nc3ccc(C)cc3[nH]2)cc(OC)c1OCc1ccc(Cl)cc1. The molecule has 4 rings (SSSR count). The summed E-state index contributed by atoms with van der Waals surface area (Å²) in [6.45, 7) is 6.26. The van der Waals surface area contributed by atoms with Gasteiger partial charge in [0.1, 0.15) is 18.5 Å². The van der Waals surface area contributed by atoms with Gasteiger partial charge in [-0.2, -0.15) is 5.26 Å². The van der Waals surface area contributed by atoms with Crippen molar-refractivity contribution < 1.29 is 9.47 Å². The highest BCUT2D eigenvalue weighted by Gasteiger charge is 2.14. The smallest absolute Gasteiger partial charge is 0.165 e. The maximum atomic E-state index is 9.84. The van der Waals surface area contributed by atoms with Gasteiger partial charge in [0.2, 0.25) is 0 Å². The van der Waals surface area contributed by atoms with E-state index in [9.17, 15) is 5.26 Å². The van der Waals surface area contributed by atoms with Gasteiger partial charge in [-0.05, 0) is 72.5 Å². The summed E-state index contributed by atoms with van der Waals surface area (Å²) in [6.07, 6.45) is 4.19. The largest absolute Gasteiger partial charge is 0.493 e. The lowest BCUT2D eigenvalue weighted by Crippen LogP contribution is -2.02. The van der Waals surface area contributed by atoms with Gasteiger partial charge >= 0.3 is 0 Å². The van der Waals surface area contributed by atoms with Gasteiger partial charge in [0, 0.05) is 10.6 Å². The molecule has 0 radical (unpaired) electrons. The van der Waals surface area contributed by atoms with E-state index in [4.69, 9.17) is 21.1 Å². The van der Waals surface area contributed by atoms with Crippen LogP contribution in [0.2, 0.25) is 5.02 Å². The fraction of sp³-hybridized carbons (Fsp3) is 0.143. The molecular formula is C28H24ClN3O2. The number of fused-ring (bicyclic) bond motifs is 1. The van der Waals surface area contributed by atoms with Crippen molar-refractivity contribution in [2.75, 3.05) is 7.11 Å². The number of aryl methyl sites for hydroxylation is 1. The maximum Gasteiger partial charge on any atom is 0.165 e. The fourth-order valence-corrected chi connectivity index (χ4v) is 3.82. The highest BCUT2D eigenvalue weighted by molar-refractivity contribution is 6.30. The minimum Gasteiger partial charge on any atom is -0.493 e. The van der Waals surface area contributed by atoms with Crippen molar-refractivity contribution >= 4 is 34.3 Å². The third-order valence-corrected chi connectivity index (χ3v) is 5.61. The number of hydrogen-bond donors (Lipinski definition) is 1. The molecular weight excluding hydrogens is 446 g/mol. The molecule has 3 aromatic carbocycles. The number of aromatic amines is 1. The summed E-state index contributed by atoms with van der Waals surface area (Å²) in [5.74, 6) is 1.75. The zero-order chi connectivity index (χ0) is 24.1. The predicted molar refractivity (Wildman–Crippen MR) is 137 cm³/mol. The second-order valence-electron chi connectivity index (χ2n) is 7.90. The number of nitrogens with zero attached hydrogens (tertiary/aromatic N) is 2. The van der Waals surface area contributed by atoms with Crippen molar-refractivity contribution in [2.45, 2.75) is 20.0 Å². The third-order valence-electron chi connectivity index (χ3n) is 5.36. The monoisotopic (exact) mass is 469 g/mol. The zero-order valence-corrected chi connectivity index (χ0v) is 19.8. The molecule has 5 nitrogen and oxygen atoms in total. The summed E-state index contributed by atoms with van der Waals surface area (Å²) in [5.41, 5.74) is 5.97. The predicted octanol–water partition coefficient (Wildman–Crippen LogP) is 6.91. The Morgan fingerprint density at radius 2 is 1.97 bits per heavy atom. The Balaban J connectivity index is 1.69. The van der Waals surface area contributed by atoms with E-state index in [1.165, 1.54) is 0 Å². The summed E-state index contributed by atoms with van der Waals surface area (Å²) in [7, 11) is 1.60. The number of nitriles is 1. The fourth-order valence-electron chi connectivity index (χ4n) is 3.70. The van der Waals surface area contributed by atoms with Crippen LogP contribution < -0.4 is 9.47 Å². The Morgan fingerprint density at radius 1 is 1.18 bits per heavy atom. The summed E-state index contributed by atoms with van der Waals surface area (Å²) >= 11 is 5.98. The summed E-state index contributed by atoms with van der Waals surface area (Å²) in [4.78, 5) is 7.83. The number of ether oxygens (including phenoxy) is 2. The van der Waals surface area contributed by atoms with Crippen LogP contribution in [0.3, 0.4) is 0 Å². The molecule has 1 N–H and O–H groups in total. The van der Waals surface area contributed by atoms with Gasteiger partial charge in [-0.3, -0.25) is 0 Å². The first-order chi connectivity index (χ1) is 16.5. The molecule has 0 aliphatic heterocycles. The molecule has 0 fully saturated rings. The molecule has 0 unspecified atom stereocenters. The van der Waals surface area contributed by atoms with Crippen molar-refractivity contribution in [3.05, 3.63) is 100 Å². The minimum absolute atomic E-state index is 0.370. The molecule has 0 spiro atoms. The Kier molecular flexibility index (Phi) is 7.01. The van der Waals surface area contributed by atoms with Gasteiger partial charge in [0.15, 0.2) is 11.5 Å². The number of allylic oxidation sites excluding steroid dienone is 2. The Morgan fingerprint density at radius 3 is 2.68 bits per heavy atom. The highest BCUT2D eigenvalue weighted by atomic mass is 35.5. The third kappa shape index (κ3) is 5.14. The molecule has 4 aromatic rings. The Bertz CT molecular complexity index is 1410. The maximum absolute atomic E-state index is 9.84. The van der Waals surface area contributed by atoms with Gasteiger partial charge < -0.3 is 14.5 Å². The lowest BCUT2D eigenvalue weighted by molar-refractivity contribution is 0.282. The van der Waals surface area contributed by atoms with Crippen LogP contribution in [0.15, 0.2) is 67.3 Å². The highest BCUT2D eigenvalue weighted by Crippen LogP contribution is 2.35.